The van der Waals surface area contributed by atoms with E-state index in [1.54, 1.807) is 6.07 Å². The lowest BCUT2D eigenvalue weighted by molar-refractivity contribution is -0.385. The standard InChI is InChI=1S/C13H17N5O3/c1-7(2)11(14)13-15-12(16-17-13)8-4-5-10(21-3)9(6-8)18(19)20/h4-7,11H,14H2,1-3H3,(H,15,16,17)/t11-/m1/s1. The summed E-state index contributed by atoms with van der Waals surface area (Å²) in [6, 6.07) is 4.30. The Morgan fingerprint density at radius 3 is 2.71 bits per heavy atom. The van der Waals surface area contributed by atoms with Crippen molar-refractivity contribution in [3.8, 4) is 17.1 Å². The number of nitro benzene ring substituents is 1. The van der Waals surface area contributed by atoms with E-state index in [1.165, 1.54) is 19.2 Å². The molecule has 2 rings (SSSR count). The predicted octanol–water partition coefficient (Wildman–Crippen LogP) is 2.04. The number of nitrogens with two attached hydrogens (primary N) is 1. The van der Waals surface area contributed by atoms with Gasteiger partial charge in [-0.05, 0) is 18.1 Å². The fraction of sp³-hybridized carbons (Fsp3) is 0.385. The predicted molar refractivity (Wildman–Crippen MR) is 76.8 cm³/mol. The number of rotatable bonds is 5. The van der Waals surface area contributed by atoms with E-state index in [1.807, 2.05) is 13.8 Å². The average molecular weight is 291 g/mol. The first kappa shape index (κ1) is 14.9. The lowest BCUT2D eigenvalue weighted by Gasteiger charge is -2.11. The summed E-state index contributed by atoms with van der Waals surface area (Å²) in [5.41, 5.74) is 6.39. The molecule has 3 N–H and O–H groups in total. The van der Waals surface area contributed by atoms with Crippen LogP contribution in [0.3, 0.4) is 0 Å². The number of hydrogen-bond acceptors (Lipinski definition) is 6. The molecule has 0 saturated carbocycles. The molecule has 0 saturated heterocycles. The number of aromatic nitrogens is 3. The van der Waals surface area contributed by atoms with Crippen molar-refractivity contribution < 1.29 is 9.66 Å². The third-order valence-electron chi connectivity index (χ3n) is 3.17. The van der Waals surface area contributed by atoms with Crippen LogP contribution in [0.2, 0.25) is 0 Å². The third kappa shape index (κ3) is 3.00. The first-order valence-electron chi connectivity index (χ1n) is 6.44. The summed E-state index contributed by atoms with van der Waals surface area (Å²) in [4.78, 5) is 14.8. The number of benzene rings is 1. The lowest BCUT2D eigenvalue weighted by atomic mass is 10.1. The molecule has 112 valence electrons. The Morgan fingerprint density at radius 2 is 2.14 bits per heavy atom. The normalized spacial score (nSPS) is 12.4. The summed E-state index contributed by atoms with van der Waals surface area (Å²) < 4.78 is 4.96. The maximum Gasteiger partial charge on any atom is 0.311 e. The van der Waals surface area contributed by atoms with Gasteiger partial charge in [0.25, 0.3) is 0 Å². The van der Waals surface area contributed by atoms with Gasteiger partial charge in [-0.2, -0.15) is 5.10 Å². The highest BCUT2D eigenvalue weighted by molar-refractivity contribution is 5.63. The van der Waals surface area contributed by atoms with Crippen LogP contribution in [0.25, 0.3) is 11.4 Å². The Labute approximate surface area is 121 Å². The van der Waals surface area contributed by atoms with Crippen molar-refractivity contribution >= 4 is 5.69 Å². The topological polar surface area (TPSA) is 120 Å². The molecule has 8 nitrogen and oxygen atoms in total. The van der Waals surface area contributed by atoms with Crippen molar-refractivity contribution in [2.45, 2.75) is 19.9 Å². The molecule has 0 aliphatic heterocycles. The molecule has 8 heteroatoms. The number of aromatic amines is 1. The minimum absolute atomic E-state index is 0.130. The molecule has 0 radical (unpaired) electrons. The smallest absolute Gasteiger partial charge is 0.311 e. The van der Waals surface area contributed by atoms with E-state index in [2.05, 4.69) is 15.2 Å². The summed E-state index contributed by atoms with van der Waals surface area (Å²) in [6.07, 6.45) is 0. The van der Waals surface area contributed by atoms with Crippen LogP contribution in [0.4, 0.5) is 5.69 Å². The van der Waals surface area contributed by atoms with Gasteiger partial charge < -0.3 is 10.5 Å². The fourth-order valence-electron chi connectivity index (χ4n) is 1.84. The number of hydrogen-bond donors (Lipinski definition) is 2. The maximum atomic E-state index is 11.0. The maximum absolute atomic E-state index is 11.0. The first-order chi connectivity index (χ1) is 9.93. The molecule has 21 heavy (non-hydrogen) atoms. The molecule has 0 unspecified atom stereocenters. The van der Waals surface area contributed by atoms with Gasteiger partial charge in [0.2, 0.25) is 0 Å². The van der Waals surface area contributed by atoms with E-state index in [0.29, 0.717) is 17.2 Å². The van der Waals surface area contributed by atoms with Crippen molar-refractivity contribution in [2.75, 3.05) is 7.11 Å². The van der Waals surface area contributed by atoms with Gasteiger partial charge in [0.05, 0.1) is 18.1 Å². The van der Waals surface area contributed by atoms with E-state index in [9.17, 15) is 10.1 Å². The van der Waals surface area contributed by atoms with Crippen molar-refractivity contribution in [1.82, 2.24) is 15.2 Å². The first-order valence-corrected chi connectivity index (χ1v) is 6.44. The SMILES string of the molecule is COc1ccc(-c2n[nH]c([C@H](N)C(C)C)n2)cc1[N+](=O)[O-]. The number of nitrogens with one attached hydrogen (secondary N) is 1. The molecule has 1 aromatic heterocycles. The molecule has 1 aromatic carbocycles. The van der Waals surface area contributed by atoms with Gasteiger partial charge in [0.1, 0.15) is 5.82 Å². The van der Waals surface area contributed by atoms with Crippen LogP contribution in [0, 0.1) is 16.0 Å². The monoisotopic (exact) mass is 291 g/mol. The second kappa shape index (κ2) is 5.88. The highest BCUT2D eigenvalue weighted by atomic mass is 16.6. The largest absolute Gasteiger partial charge is 0.490 e. The summed E-state index contributed by atoms with van der Waals surface area (Å²) >= 11 is 0. The van der Waals surface area contributed by atoms with Gasteiger partial charge in [0, 0.05) is 11.6 Å². The minimum Gasteiger partial charge on any atom is -0.490 e. The van der Waals surface area contributed by atoms with Gasteiger partial charge >= 0.3 is 5.69 Å². The van der Waals surface area contributed by atoms with Crippen molar-refractivity contribution in [3.63, 3.8) is 0 Å². The second-order valence-electron chi connectivity index (χ2n) is 4.96. The zero-order chi connectivity index (χ0) is 15.6. The molecule has 0 aliphatic rings. The summed E-state index contributed by atoms with van der Waals surface area (Å²) in [6.45, 7) is 3.95. The Balaban J connectivity index is 2.39. The molecule has 0 bridgehead atoms. The molecule has 0 fully saturated rings. The summed E-state index contributed by atoms with van der Waals surface area (Å²) in [5, 5.41) is 17.9. The Kier molecular flexibility index (Phi) is 4.18. The van der Waals surface area contributed by atoms with E-state index in [4.69, 9.17) is 10.5 Å². The lowest BCUT2D eigenvalue weighted by Crippen LogP contribution is -2.18. The number of ether oxygens (including phenoxy) is 1. The zero-order valence-electron chi connectivity index (χ0n) is 12.0. The molecule has 0 amide bonds. The van der Waals surface area contributed by atoms with Crippen LogP contribution in [-0.2, 0) is 0 Å². The van der Waals surface area contributed by atoms with Gasteiger partial charge in [-0.1, -0.05) is 13.8 Å². The molecule has 0 aliphatic carbocycles. The Bertz CT molecular complexity index is 653. The minimum atomic E-state index is -0.504. The highest BCUT2D eigenvalue weighted by Crippen LogP contribution is 2.31. The van der Waals surface area contributed by atoms with Gasteiger partial charge in [-0.15, -0.1) is 0 Å². The molecule has 1 atom stereocenters. The van der Waals surface area contributed by atoms with Crippen LogP contribution < -0.4 is 10.5 Å². The van der Waals surface area contributed by atoms with Gasteiger partial charge in [-0.25, -0.2) is 4.98 Å². The third-order valence-corrected chi connectivity index (χ3v) is 3.17. The quantitative estimate of drug-likeness (QED) is 0.642. The molecular weight excluding hydrogens is 274 g/mol. The van der Waals surface area contributed by atoms with Gasteiger partial charge in [0.15, 0.2) is 11.6 Å². The van der Waals surface area contributed by atoms with Crippen LogP contribution >= 0.6 is 0 Å². The number of H-pyrrole nitrogens is 1. The van der Waals surface area contributed by atoms with Crippen molar-refractivity contribution in [1.29, 1.82) is 0 Å². The number of methoxy groups -OCH3 is 1. The zero-order valence-corrected chi connectivity index (χ0v) is 12.0. The van der Waals surface area contributed by atoms with E-state index >= 15 is 0 Å². The Hall–Kier alpha value is -2.48. The Morgan fingerprint density at radius 1 is 1.43 bits per heavy atom. The second-order valence-corrected chi connectivity index (χ2v) is 4.96. The highest BCUT2D eigenvalue weighted by Gasteiger charge is 2.19. The van der Waals surface area contributed by atoms with E-state index in [0.717, 1.165) is 0 Å². The van der Waals surface area contributed by atoms with Crippen LogP contribution in [0.15, 0.2) is 18.2 Å². The van der Waals surface area contributed by atoms with Crippen LogP contribution in [0.1, 0.15) is 25.7 Å². The van der Waals surface area contributed by atoms with E-state index < -0.39 is 4.92 Å². The molecule has 0 spiro atoms. The summed E-state index contributed by atoms with van der Waals surface area (Å²) in [5.74, 6) is 1.32. The molecular formula is C13H17N5O3. The van der Waals surface area contributed by atoms with Crippen molar-refractivity contribution in [3.05, 3.63) is 34.1 Å². The van der Waals surface area contributed by atoms with Crippen LogP contribution in [0.5, 0.6) is 5.75 Å². The number of nitro groups is 1. The molecule has 2 aromatic rings. The summed E-state index contributed by atoms with van der Waals surface area (Å²) in [7, 11) is 1.38. The fourth-order valence-corrected chi connectivity index (χ4v) is 1.84. The number of nitrogens with zero attached hydrogens (tertiary/aromatic N) is 3. The van der Waals surface area contributed by atoms with Crippen LogP contribution in [-0.4, -0.2) is 27.2 Å². The van der Waals surface area contributed by atoms with Crippen molar-refractivity contribution in [2.24, 2.45) is 11.7 Å². The average Bonchev–Trinajstić information content (AvgIpc) is 2.95. The molecule has 1 heterocycles. The van der Waals surface area contributed by atoms with E-state index in [-0.39, 0.29) is 23.4 Å². The van der Waals surface area contributed by atoms with Gasteiger partial charge in [-0.3, -0.25) is 15.2 Å².